The summed E-state index contributed by atoms with van der Waals surface area (Å²) in [5, 5.41) is 6.26. The van der Waals surface area contributed by atoms with Crippen LogP contribution in [0.2, 0.25) is 0 Å². The molecule has 0 saturated heterocycles. The third-order valence-corrected chi connectivity index (χ3v) is 3.54. The maximum atomic E-state index is 13.5. The lowest BCUT2D eigenvalue weighted by Gasteiger charge is -2.15. The van der Waals surface area contributed by atoms with E-state index in [9.17, 15) is 13.6 Å². The van der Waals surface area contributed by atoms with Gasteiger partial charge in [-0.2, -0.15) is 11.3 Å². The van der Waals surface area contributed by atoms with Crippen LogP contribution in [-0.4, -0.2) is 19.6 Å². The van der Waals surface area contributed by atoms with Crippen LogP contribution in [0.5, 0.6) is 0 Å². The van der Waals surface area contributed by atoms with Crippen molar-refractivity contribution < 1.29 is 18.3 Å². The second-order valence-corrected chi connectivity index (χ2v) is 4.87. The number of carbonyl (C=O) groups excluding carboxylic acids is 1. The van der Waals surface area contributed by atoms with E-state index in [2.05, 4.69) is 5.32 Å². The maximum Gasteiger partial charge on any atom is 0.257 e. The Hall–Kier alpha value is -1.79. The van der Waals surface area contributed by atoms with E-state index in [1.165, 1.54) is 24.5 Å². The van der Waals surface area contributed by atoms with Crippen LogP contribution in [0.25, 0.3) is 0 Å². The molecule has 0 radical (unpaired) electrons. The Kier molecular flexibility index (Phi) is 4.81. The van der Waals surface area contributed by atoms with Gasteiger partial charge < -0.3 is 10.1 Å². The Labute approximate surface area is 119 Å². The van der Waals surface area contributed by atoms with Crippen molar-refractivity contribution >= 4 is 17.2 Å². The fourth-order valence-electron chi connectivity index (χ4n) is 1.78. The molecule has 1 unspecified atom stereocenters. The van der Waals surface area contributed by atoms with Crippen molar-refractivity contribution in [3.63, 3.8) is 0 Å². The van der Waals surface area contributed by atoms with E-state index in [0.29, 0.717) is 0 Å². The molecule has 2 rings (SSSR count). The Morgan fingerprint density at radius 2 is 2.05 bits per heavy atom. The fraction of sp³-hybridized carbons (Fsp3) is 0.214. The fourth-order valence-corrected chi connectivity index (χ4v) is 2.49. The van der Waals surface area contributed by atoms with Gasteiger partial charge in [0.2, 0.25) is 0 Å². The molecular weight excluding hydrogens is 284 g/mol. The molecule has 1 aromatic heterocycles. The summed E-state index contributed by atoms with van der Waals surface area (Å²) < 4.78 is 32.1. The van der Waals surface area contributed by atoms with Gasteiger partial charge in [-0.15, -0.1) is 0 Å². The third kappa shape index (κ3) is 3.20. The molecule has 3 nitrogen and oxygen atoms in total. The molecule has 2 aromatic rings. The first-order valence-electron chi connectivity index (χ1n) is 5.90. The Morgan fingerprint density at radius 3 is 2.60 bits per heavy atom. The van der Waals surface area contributed by atoms with Crippen molar-refractivity contribution in [3.8, 4) is 0 Å². The molecule has 6 heteroatoms. The molecule has 0 fully saturated rings. The predicted octanol–water partition coefficient (Wildman–Crippen LogP) is 3.14. The van der Waals surface area contributed by atoms with Crippen molar-refractivity contribution in [2.75, 3.05) is 13.7 Å². The van der Waals surface area contributed by atoms with E-state index in [4.69, 9.17) is 4.74 Å². The standard InChI is InChI=1S/C14H13F2NO2S/c1-19-12(9-5-6-20-8-9)7-17-14(18)13-10(15)3-2-4-11(13)16/h2-6,8,12H,7H2,1H3,(H,17,18). The highest BCUT2D eigenvalue weighted by Gasteiger charge is 2.19. The SMILES string of the molecule is COC(CNC(=O)c1c(F)cccc1F)c1ccsc1. The number of carbonyl (C=O) groups is 1. The van der Waals surface area contributed by atoms with Gasteiger partial charge in [-0.25, -0.2) is 8.78 Å². The van der Waals surface area contributed by atoms with Crippen LogP contribution < -0.4 is 5.32 Å². The summed E-state index contributed by atoms with van der Waals surface area (Å²) in [6, 6.07) is 5.18. The molecule has 0 aliphatic rings. The number of benzene rings is 1. The number of hydrogen-bond acceptors (Lipinski definition) is 3. The lowest BCUT2D eigenvalue weighted by molar-refractivity contribution is 0.0823. The van der Waals surface area contributed by atoms with E-state index >= 15 is 0 Å². The first kappa shape index (κ1) is 14.6. The van der Waals surface area contributed by atoms with E-state index in [-0.39, 0.29) is 12.6 Å². The topological polar surface area (TPSA) is 38.3 Å². The van der Waals surface area contributed by atoms with Crippen LogP contribution in [0.1, 0.15) is 22.0 Å². The van der Waals surface area contributed by atoms with Crippen LogP contribution >= 0.6 is 11.3 Å². The molecule has 0 aliphatic heterocycles. The van der Waals surface area contributed by atoms with E-state index in [0.717, 1.165) is 17.7 Å². The van der Waals surface area contributed by atoms with Gasteiger partial charge in [0.25, 0.3) is 5.91 Å². The first-order valence-corrected chi connectivity index (χ1v) is 6.85. The van der Waals surface area contributed by atoms with E-state index in [1.54, 1.807) is 0 Å². The largest absolute Gasteiger partial charge is 0.375 e. The number of amides is 1. The van der Waals surface area contributed by atoms with E-state index in [1.807, 2.05) is 16.8 Å². The molecule has 106 valence electrons. The third-order valence-electron chi connectivity index (χ3n) is 2.84. The minimum atomic E-state index is -0.882. The lowest BCUT2D eigenvalue weighted by atomic mass is 10.1. The van der Waals surface area contributed by atoms with Crippen molar-refractivity contribution in [2.24, 2.45) is 0 Å². The summed E-state index contributed by atoms with van der Waals surface area (Å²) in [6.45, 7) is 0.139. The Balaban J connectivity index is 2.05. The number of rotatable bonds is 5. The van der Waals surface area contributed by atoms with Crippen molar-refractivity contribution in [1.29, 1.82) is 0 Å². The van der Waals surface area contributed by atoms with Gasteiger partial charge in [-0.3, -0.25) is 4.79 Å². The molecule has 1 N–H and O–H groups in total. The monoisotopic (exact) mass is 297 g/mol. The molecule has 0 saturated carbocycles. The summed E-state index contributed by atoms with van der Waals surface area (Å²) in [5.74, 6) is -2.56. The first-order chi connectivity index (χ1) is 9.63. The van der Waals surface area contributed by atoms with E-state index < -0.39 is 23.1 Å². The average molecular weight is 297 g/mol. The van der Waals surface area contributed by atoms with Crippen molar-refractivity contribution in [3.05, 3.63) is 57.8 Å². The normalized spacial score (nSPS) is 12.2. The molecular formula is C14H13F2NO2S. The van der Waals surface area contributed by atoms with Crippen molar-refractivity contribution in [1.82, 2.24) is 5.32 Å². The quantitative estimate of drug-likeness (QED) is 0.920. The van der Waals surface area contributed by atoms with Crippen LogP contribution in [0, 0.1) is 11.6 Å². The zero-order valence-electron chi connectivity index (χ0n) is 10.7. The van der Waals surface area contributed by atoms with Gasteiger partial charge >= 0.3 is 0 Å². The number of nitrogens with one attached hydrogen (secondary N) is 1. The number of hydrogen-bond donors (Lipinski definition) is 1. The molecule has 0 bridgehead atoms. The van der Waals surface area contributed by atoms with Crippen LogP contribution in [0.3, 0.4) is 0 Å². The second kappa shape index (κ2) is 6.58. The zero-order chi connectivity index (χ0) is 14.5. The average Bonchev–Trinajstić information content (AvgIpc) is 2.93. The van der Waals surface area contributed by atoms with Gasteiger partial charge in [0.15, 0.2) is 0 Å². The van der Waals surface area contributed by atoms with Crippen LogP contribution in [-0.2, 0) is 4.74 Å². The number of thiophene rings is 1. The van der Waals surface area contributed by atoms with Crippen LogP contribution in [0.15, 0.2) is 35.0 Å². The van der Waals surface area contributed by atoms with Gasteiger partial charge in [-0.1, -0.05) is 6.07 Å². The molecule has 0 spiro atoms. The molecule has 20 heavy (non-hydrogen) atoms. The zero-order valence-corrected chi connectivity index (χ0v) is 11.5. The molecule has 1 heterocycles. The summed E-state index contributed by atoms with van der Waals surface area (Å²) in [4.78, 5) is 11.8. The minimum absolute atomic E-state index is 0.139. The molecule has 1 amide bonds. The van der Waals surface area contributed by atoms with Gasteiger partial charge in [0.05, 0.1) is 0 Å². The molecule has 0 aliphatic carbocycles. The summed E-state index contributed by atoms with van der Waals surface area (Å²) in [5.41, 5.74) is 0.333. The Morgan fingerprint density at radius 1 is 1.35 bits per heavy atom. The highest BCUT2D eigenvalue weighted by atomic mass is 32.1. The molecule has 1 atom stereocenters. The number of halogens is 2. The minimum Gasteiger partial charge on any atom is -0.375 e. The smallest absolute Gasteiger partial charge is 0.257 e. The maximum absolute atomic E-state index is 13.5. The summed E-state index contributed by atoms with van der Waals surface area (Å²) in [6.07, 6.45) is -0.347. The van der Waals surface area contributed by atoms with Crippen LogP contribution in [0.4, 0.5) is 8.78 Å². The number of methoxy groups -OCH3 is 1. The Bertz CT molecular complexity index is 567. The molecule has 1 aromatic carbocycles. The lowest BCUT2D eigenvalue weighted by Crippen LogP contribution is -2.30. The number of ether oxygens (including phenoxy) is 1. The summed E-state index contributed by atoms with van der Waals surface area (Å²) in [7, 11) is 1.51. The highest BCUT2D eigenvalue weighted by Crippen LogP contribution is 2.19. The summed E-state index contributed by atoms with van der Waals surface area (Å²) >= 11 is 1.51. The second-order valence-electron chi connectivity index (χ2n) is 4.09. The highest BCUT2D eigenvalue weighted by molar-refractivity contribution is 7.07. The van der Waals surface area contributed by atoms with Gasteiger partial charge in [-0.05, 0) is 34.5 Å². The van der Waals surface area contributed by atoms with Gasteiger partial charge in [0.1, 0.15) is 23.3 Å². The predicted molar refractivity (Wildman–Crippen MR) is 72.8 cm³/mol. The van der Waals surface area contributed by atoms with Gasteiger partial charge in [0, 0.05) is 13.7 Å². The van der Waals surface area contributed by atoms with Crippen molar-refractivity contribution in [2.45, 2.75) is 6.10 Å².